The van der Waals surface area contributed by atoms with Crippen molar-refractivity contribution in [3.63, 3.8) is 0 Å². The standard InChI is InChI=1S/C15H14N4O5S/c1-10(20)18-14-6-5-12(8-13(14)15(21)22)25(23,24)19-17-9-11-4-2-3-7-16-11/h2-9,19H,1H3,(H,18,20)(H,21,22)/b17-9-. The predicted octanol–water partition coefficient (Wildman–Crippen LogP) is 1.05. The van der Waals surface area contributed by atoms with E-state index in [9.17, 15) is 23.1 Å². The third kappa shape index (κ3) is 4.85. The average molecular weight is 362 g/mol. The summed E-state index contributed by atoms with van der Waals surface area (Å²) in [5.41, 5.74) is 0.0835. The molecule has 130 valence electrons. The Bertz CT molecular complexity index is 926. The summed E-state index contributed by atoms with van der Waals surface area (Å²) >= 11 is 0. The molecule has 25 heavy (non-hydrogen) atoms. The summed E-state index contributed by atoms with van der Waals surface area (Å²) in [5.74, 6) is -1.85. The molecule has 0 aliphatic carbocycles. The summed E-state index contributed by atoms with van der Waals surface area (Å²) in [4.78, 5) is 28.0. The molecule has 0 saturated heterocycles. The maximum absolute atomic E-state index is 12.2. The van der Waals surface area contributed by atoms with E-state index in [0.717, 1.165) is 12.1 Å². The van der Waals surface area contributed by atoms with Crippen LogP contribution in [0.15, 0.2) is 52.6 Å². The zero-order valence-corrected chi connectivity index (χ0v) is 13.8. The number of carbonyl (C=O) groups excluding carboxylic acids is 1. The molecule has 9 nitrogen and oxygen atoms in total. The Morgan fingerprint density at radius 3 is 2.60 bits per heavy atom. The van der Waals surface area contributed by atoms with Crippen LogP contribution in [-0.4, -0.2) is 36.6 Å². The molecule has 0 atom stereocenters. The van der Waals surface area contributed by atoms with Gasteiger partial charge in [0.1, 0.15) is 0 Å². The number of sulfonamides is 1. The molecule has 0 spiro atoms. The van der Waals surface area contributed by atoms with Gasteiger partial charge in [0.2, 0.25) is 5.91 Å². The Balaban J connectivity index is 2.26. The molecule has 1 aromatic heterocycles. The number of nitrogens with zero attached hydrogens (tertiary/aromatic N) is 2. The van der Waals surface area contributed by atoms with Crippen molar-refractivity contribution in [2.45, 2.75) is 11.8 Å². The zero-order chi connectivity index (χ0) is 18.4. The highest BCUT2D eigenvalue weighted by molar-refractivity contribution is 7.89. The molecule has 0 saturated carbocycles. The smallest absolute Gasteiger partial charge is 0.337 e. The van der Waals surface area contributed by atoms with Crippen LogP contribution in [0, 0.1) is 0 Å². The lowest BCUT2D eigenvalue weighted by Crippen LogP contribution is -2.19. The number of amides is 1. The first-order valence-corrected chi connectivity index (χ1v) is 8.39. The van der Waals surface area contributed by atoms with E-state index in [1.807, 2.05) is 4.83 Å². The number of anilines is 1. The summed E-state index contributed by atoms with van der Waals surface area (Å²) in [7, 11) is -4.08. The fourth-order valence-corrected chi connectivity index (χ4v) is 2.65. The number of hydrogen-bond donors (Lipinski definition) is 3. The topological polar surface area (TPSA) is 138 Å². The van der Waals surface area contributed by atoms with Gasteiger partial charge in [0.05, 0.1) is 28.1 Å². The van der Waals surface area contributed by atoms with E-state index in [1.54, 1.807) is 18.2 Å². The van der Waals surface area contributed by atoms with Crippen LogP contribution >= 0.6 is 0 Å². The van der Waals surface area contributed by atoms with Gasteiger partial charge < -0.3 is 10.4 Å². The monoisotopic (exact) mass is 362 g/mol. The van der Waals surface area contributed by atoms with Crippen LogP contribution in [0.4, 0.5) is 5.69 Å². The van der Waals surface area contributed by atoms with E-state index in [0.29, 0.717) is 5.69 Å². The van der Waals surface area contributed by atoms with Crippen LogP contribution in [0.1, 0.15) is 23.0 Å². The molecule has 0 fully saturated rings. The summed E-state index contributed by atoms with van der Waals surface area (Å²) < 4.78 is 24.4. The van der Waals surface area contributed by atoms with Crippen LogP contribution in [0.3, 0.4) is 0 Å². The molecule has 0 bridgehead atoms. The number of nitrogens with one attached hydrogen (secondary N) is 2. The maximum Gasteiger partial charge on any atom is 0.337 e. The van der Waals surface area contributed by atoms with Gasteiger partial charge >= 0.3 is 5.97 Å². The van der Waals surface area contributed by atoms with Crippen molar-refractivity contribution in [2.75, 3.05) is 5.32 Å². The van der Waals surface area contributed by atoms with E-state index in [1.165, 1.54) is 25.4 Å². The van der Waals surface area contributed by atoms with E-state index in [-0.39, 0.29) is 16.1 Å². The first-order valence-electron chi connectivity index (χ1n) is 6.90. The molecular formula is C15H14N4O5S. The second-order valence-electron chi connectivity index (χ2n) is 4.80. The summed E-state index contributed by atoms with van der Waals surface area (Å²) in [6, 6.07) is 8.33. The van der Waals surface area contributed by atoms with Crippen molar-refractivity contribution in [3.05, 3.63) is 53.9 Å². The minimum atomic E-state index is -4.08. The third-order valence-electron chi connectivity index (χ3n) is 2.90. The van der Waals surface area contributed by atoms with Crippen molar-refractivity contribution >= 4 is 33.8 Å². The number of aromatic nitrogens is 1. The summed E-state index contributed by atoms with van der Waals surface area (Å²) in [6.07, 6.45) is 2.73. The molecule has 0 aliphatic heterocycles. The lowest BCUT2D eigenvalue weighted by molar-refractivity contribution is -0.114. The van der Waals surface area contributed by atoms with Crippen molar-refractivity contribution in [2.24, 2.45) is 5.10 Å². The van der Waals surface area contributed by atoms with Gasteiger partial charge in [-0.15, -0.1) is 0 Å². The summed E-state index contributed by atoms with van der Waals surface area (Å²) in [6.45, 7) is 1.21. The van der Waals surface area contributed by atoms with Gasteiger partial charge in [0.25, 0.3) is 10.0 Å². The Morgan fingerprint density at radius 2 is 2.00 bits per heavy atom. The van der Waals surface area contributed by atoms with Gasteiger partial charge in [-0.05, 0) is 30.3 Å². The number of carboxylic acid groups (broad SMARTS) is 1. The van der Waals surface area contributed by atoms with Gasteiger partial charge in [0.15, 0.2) is 0 Å². The Kier molecular flexibility index (Phi) is 5.45. The minimum Gasteiger partial charge on any atom is -0.478 e. The fraction of sp³-hybridized carbons (Fsp3) is 0.0667. The van der Waals surface area contributed by atoms with Crippen LogP contribution in [0.25, 0.3) is 0 Å². The van der Waals surface area contributed by atoms with Gasteiger partial charge in [0, 0.05) is 13.1 Å². The number of hydrazone groups is 1. The minimum absolute atomic E-state index is 0.00376. The third-order valence-corrected chi connectivity index (χ3v) is 4.12. The number of carbonyl (C=O) groups is 2. The van der Waals surface area contributed by atoms with Crippen LogP contribution in [-0.2, 0) is 14.8 Å². The summed E-state index contributed by atoms with van der Waals surface area (Å²) in [5, 5.41) is 15.1. The molecule has 1 aromatic carbocycles. The Hall–Kier alpha value is -3.27. The highest BCUT2D eigenvalue weighted by atomic mass is 32.2. The van der Waals surface area contributed by atoms with Gasteiger partial charge in [-0.25, -0.2) is 9.63 Å². The molecule has 1 amide bonds. The first kappa shape index (κ1) is 18.1. The largest absolute Gasteiger partial charge is 0.478 e. The van der Waals surface area contributed by atoms with E-state index in [4.69, 9.17) is 0 Å². The second kappa shape index (κ2) is 7.53. The van der Waals surface area contributed by atoms with Gasteiger partial charge in [-0.1, -0.05) is 6.07 Å². The van der Waals surface area contributed by atoms with Gasteiger partial charge in [-0.3, -0.25) is 9.78 Å². The number of pyridine rings is 1. The molecule has 10 heteroatoms. The maximum atomic E-state index is 12.2. The zero-order valence-electron chi connectivity index (χ0n) is 13.0. The molecule has 2 aromatic rings. The molecule has 3 N–H and O–H groups in total. The molecule has 1 heterocycles. The fourth-order valence-electron chi connectivity index (χ4n) is 1.83. The van der Waals surface area contributed by atoms with Crippen molar-refractivity contribution in [3.8, 4) is 0 Å². The molecule has 0 radical (unpaired) electrons. The molecule has 2 rings (SSSR count). The normalized spacial score (nSPS) is 11.2. The van der Waals surface area contributed by atoms with Crippen LogP contribution in [0.2, 0.25) is 0 Å². The number of hydrogen-bond acceptors (Lipinski definition) is 6. The van der Waals surface area contributed by atoms with E-state index in [2.05, 4.69) is 15.4 Å². The molecule has 0 aliphatic rings. The predicted molar refractivity (Wildman–Crippen MR) is 89.9 cm³/mol. The van der Waals surface area contributed by atoms with Crippen LogP contribution < -0.4 is 10.1 Å². The van der Waals surface area contributed by atoms with Crippen molar-refractivity contribution in [1.29, 1.82) is 0 Å². The number of carboxylic acids is 1. The second-order valence-corrected chi connectivity index (χ2v) is 6.46. The first-order chi connectivity index (χ1) is 11.8. The van der Waals surface area contributed by atoms with Crippen molar-refractivity contribution in [1.82, 2.24) is 9.82 Å². The SMILES string of the molecule is CC(=O)Nc1ccc(S(=O)(=O)N/N=C\c2ccccn2)cc1C(=O)O. The number of rotatable bonds is 6. The Labute approximate surface area is 143 Å². The highest BCUT2D eigenvalue weighted by Gasteiger charge is 2.19. The lowest BCUT2D eigenvalue weighted by atomic mass is 10.2. The highest BCUT2D eigenvalue weighted by Crippen LogP contribution is 2.20. The van der Waals surface area contributed by atoms with E-state index >= 15 is 0 Å². The van der Waals surface area contributed by atoms with E-state index < -0.39 is 21.9 Å². The molecule has 0 unspecified atom stereocenters. The van der Waals surface area contributed by atoms with Crippen LogP contribution in [0.5, 0.6) is 0 Å². The average Bonchev–Trinajstić information content (AvgIpc) is 2.55. The van der Waals surface area contributed by atoms with Crippen molar-refractivity contribution < 1.29 is 23.1 Å². The molecular weight excluding hydrogens is 348 g/mol. The number of aromatic carboxylic acids is 1. The Morgan fingerprint density at radius 1 is 1.24 bits per heavy atom. The lowest BCUT2D eigenvalue weighted by Gasteiger charge is -2.09. The van der Waals surface area contributed by atoms with Gasteiger partial charge in [-0.2, -0.15) is 13.5 Å². The quantitative estimate of drug-likeness (QED) is 0.519. The number of benzene rings is 1.